The zero-order chi connectivity index (χ0) is 16.0. The number of ether oxygens (including phenoxy) is 1. The number of amides is 1. The molecule has 0 aromatic heterocycles. The lowest BCUT2D eigenvalue weighted by atomic mass is 9.88. The van der Waals surface area contributed by atoms with Gasteiger partial charge in [-0.1, -0.05) is 44.2 Å². The van der Waals surface area contributed by atoms with Gasteiger partial charge in [0.25, 0.3) is 0 Å². The first-order valence-corrected chi connectivity index (χ1v) is 7.00. The third-order valence-electron chi connectivity index (χ3n) is 3.60. The molecule has 2 atom stereocenters. The van der Waals surface area contributed by atoms with Gasteiger partial charge in [-0.3, -0.25) is 14.9 Å². The molecule has 2 N–H and O–H groups in total. The maximum absolute atomic E-state index is 12.4. The van der Waals surface area contributed by atoms with Gasteiger partial charge in [0.2, 0.25) is 5.91 Å². The minimum atomic E-state index is -1.01. The van der Waals surface area contributed by atoms with E-state index in [0.717, 1.165) is 5.56 Å². The van der Waals surface area contributed by atoms with Gasteiger partial charge in [-0.15, -0.1) is 0 Å². The lowest BCUT2D eigenvalue weighted by Gasteiger charge is -2.34. The Morgan fingerprint density at radius 2 is 1.76 bits per heavy atom. The number of esters is 1. The van der Waals surface area contributed by atoms with Crippen LogP contribution in [0.3, 0.4) is 0 Å². The molecule has 0 bridgehead atoms. The van der Waals surface area contributed by atoms with E-state index in [0.29, 0.717) is 0 Å². The third kappa shape index (κ3) is 3.82. The molecule has 0 saturated heterocycles. The van der Waals surface area contributed by atoms with Crippen molar-refractivity contribution in [2.45, 2.75) is 32.4 Å². The second-order valence-electron chi connectivity index (χ2n) is 5.46. The Morgan fingerprint density at radius 1 is 1.19 bits per heavy atom. The van der Waals surface area contributed by atoms with Crippen LogP contribution in [-0.2, 0) is 19.9 Å². The molecule has 0 aliphatic carbocycles. The summed E-state index contributed by atoms with van der Waals surface area (Å²) >= 11 is 0. The van der Waals surface area contributed by atoms with Crippen LogP contribution in [0.25, 0.3) is 0 Å². The van der Waals surface area contributed by atoms with Crippen LogP contribution in [0.5, 0.6) is 0 Å². The van der Waals surface area contributed by atoms with Crippen LogP contribution < -0.4 is 10.6 Å². The number of methoxy groups -OCH3 is 1. The summed E-state index contributed by atoms with van der Waals surface area (Å²) in [6.45, 7) is 5.58. The maximum Gasteiger partial charge on any atom is 0.323 e. The van der Waals surface area contributed by atoms with Crippen LogP contribution in [0, 0.1) is 5.92 Å². The molecule has 1 amide bonds. The summed E-state index contributed by atoms with van der Waals surface area (Å²) in [7, 11) is 2.92. The standard InChI is InChI=1S/C16H24N2O3/c1-11(2)13(14(19)21-5)18-16(3,15(20)17-4)12-9-7-6-8-10-12/h6-11,13,18H,1-5H3,(H,17,20)/t13-,16+/m1/s1. The molecule has 0 unspecified atom stereocenters. The summed E-state index contributed by atoms with van der Waals surface area (Å²) in [4.78, 5) is 24.3. The van der Waals surface area contributed by atoms with Gasteiger partial charge in [0.15, 0.2) is 0 Å². The lowest BCUT2D eigenvalue weighted by molar-refractivity contribution is -0.145. The third-order valence-corrected chi connectivity index (χ3v) is 3.60. The lowest BCUT2D eigenvalue weighted by Crippen LogP contribution is -2.58. The zero-order valence-electron chi connectivity index (χ0n) is 13.3. The minimum absolute atomic E-state index is 0.00913. The highest BCUT2D eigenvalue weighted by Gasteiger charge is 2.39. The molecule has 1 rings (SSSR count). The zero-order valence-corrected chi connectivity index (χ0v) is 13.3. The average Bonchev–Trinajstić information content (AvgIpc) is 2.51. The van der Waals surface area contributed by atoms with Crippen molar-refractivity contribution < 1.29 is 14.3 Å². The molecule has 0 fully saturated rings. The van der Waals surface area contributed by atoms with Crippen molar-refractivity contribution in [2.24, 2.45) is 5.92 Å². The molecule has 5 heteroatoms. The molecule has 0 saturated carbocycles. The van der Waals surface area contributed by atoms with Crippen molar-refractivity contribution in [3.05, 3.63) is 35.9 Å². The van der Waals surface area contributed by atoms with Gasteiger partial charge >= 0.3 is 5.97 Å². The highest BCUT2D eigenvalue weighted by atomic mass is 16.5. The minimum Gasteiger partial charge on any atom is -0.468 e. The molecule has 1 aromatic carbocycles. The highest BCUT2D eigenvalue weighted by Crippen LogP contribution is 2.23. The van der Waals surface area contributed by atoms with Gasteiger partial charge in [-0.25, -0.2) is 0 Å². The molecular formula is C16H24N2O3. The Bertz CT molecular complexity index is 488. The molecular weight excluding hydrogens is 268 g/mol. The molecule has 1 aromatic rings. The van der Waals surface area contributed by atoms with Crippen molar-refractivity contribution in [3.8, 4) is 0 Å². The second kappa shape index (κ2) is 7.22. The number of carbonyl (C=O) groups excluding carboxylic acids is 2. The first kappa shape index (κ1) is 17.2. The fourth-order valence-electron chi connectivity index (χ4n) is 2.24. The normalized spacial score (nSPS) is 15.1. The molecule has 21 heavy (non-hydrogen) atoms. The van der Waals surface area contributed by atoms with Crippen molar-refractivity contribution in [3.63, 3.8) is 0 Å². The van der Waals surface area contributed by atoms with Crippen LogP contribution in [0.2, 0.25) is 0 Å². The van der Waals surface area contributed by atoms with Gasteiger partial charge < -0.3 is 10.1 Å². The Labute approximate surface area is 126 Å². The van der Waals surface area contributed by atoms with Crippen LogP contribution in [-0.4, -0.2) is 32.1 Å². The summed E-state index contributed by atoms with van der Waals surface area (Å²) in [5.41, 5.74) is -0.224. The topological polar surface area (TPSA) is 67.4 Å². The van der Waals surface area contributed by atoms with Crippen molar-refractivity contribution in [1.29, 1.82) is 0 Å². The highest BCUT2D eigenvalue weighted by molar-refractivity contribution is 5.88. The van der Waals surface area contributed by atoms with E-state index in [4.69, 9.17) is 4.74 Å². The number of hydrogen-bond donors (Lipinski definition) is 2. The van der Waals surface area contributed by atoms with E-state index < -0.39 is 11.6 Å². The summed E-state index contributed by atoms with van der Waals surface area (Å²) in [6.07, 6.45) is 0. The summed E-state index contributed by atoms with van der Waals surface area (Å²) in [5, 5.41) is 5.81. The van der Waals surface area contributed by atoms with E-state index in [2.05, 4.69) is 10.6 Å². The Hall–Kier alpha value is -1.88. The van der Waals surface area contributed by atoms with Gasteiger partial charge in [0.05, 0.1) is 7.11 Å². The smallest absolute Gasteiger partial charge is 0.323 e. The van der Waals surface area contributed by atoms with E-state index in [1.807, 2.05) is 44.2 Å². The van der Waals surface area contributed by atoms with E-state index in [1.165, 1.54) is 7.11 Å². The van der Waals surface area contributed by atoms with Crippen molar-refractivity contribution >= 4 is 11.9 Å². The van der Waals surface area contributed by atoms with Crippen LogP contribution in [0.1, 0.15) is 26.3 Å². The second-order valence-corrected chi connectivity index (χ2v) is 5.46. The monoisotopic (exact) mass is 292 g/mol. The number of hydrogen-bond acceptors (Lipinski definition) is 4. The quantitative estimate of drug-likeness (QED) is 0.779. The molecule has 0 radical (unpaired) electrons. The number of benzene rings is 1. The summed E-state index contributed by atoms with van der Waals surface area (Å²) in [6, 6.07) is 8.75. The van der Waals surface area contributed by atoms with Gasteiger partial charge in [0.1, 0.15) is 11.6 Å². The number of carbonyl (C=O) groups is 2. The molecule has 0 aliphatic heterocycles. The fourth-order valence-corrected chi connectivity index (χ4v) is 2.24. The number of rotatable bonds is 6. The Morgan fingerprint density at radius 3 is 2.19 bits per heavy atom. The number of nitrogens with one attached hydrogen (secondary N) is 2. The predicted molar refractivity (Wildman–Crippen MR) is 81.6 cm³/mol. The molecule has 0 heterocycles. The van der Waals surface area contributed by atoms with Crippen LogP contribution in [0.4, 0.5) is 0 Å². The van der Waals surface area contributed by atoms with Crippen LogP contribution in [0.15, 0.2) is 30.3 Å². The average molecular weight is 292 g/mol. The van der Waals surface area contributed by atoms with E-state index in [1.54, 1.807) is 14.0 Å². The molecule has 0 aliphatic rings. The van der Waals surface area contributed by atoms with Crippen molar-refractivity contribution in [1.82, 2.24) is 10.6 Å². The van der Waals surface area contributed by atoms with Gasteiger partial charge in [-0.05, 0) is 18.4 Å². The first-order chi connectivity index (χ1) is 9.86. The molecule has 0 spiro atoms. The van der Waals surface area contributed by atoms with E-state index in [-0.39, 0.29) is 17.8 Å². The summed E-state index contributed by atoms with van der Waals surface area (Å²) < 4.78 is 4.84. The van der Waals surface area contributed by atoms with Crippen molar-refractivity contribution in [2.75, 3.05) is 14.2 Å². The van der Waals surface area contributed by atoms with Gasteiger partial charge in [0, 0.05) is 7.05 Å². The maximum atomic E-state index is 12.4. The van der Waals surface area contributed by atoms with Gasteiger partial charge in [-0.2, -0.15) is 0 Å². The fraction of sp³-hybridized carbons (Fsp3) is 0.500. The van der Waals surface area contributed by atoms with E-state index >= 15 is 0 Å². The van der Waals surface area contributed by atoms with E-state index in [9.17, 15) is 9.59 Å². The van der Waals surface area contributed by atoms with Crippen LogP contribution >= 0.6 is 0 Å². The molecule has 5 nitrogen and oxygen atoms in total. The first-order valence-electron chi connectivity index (χ1n) is 7.00. The predicted octanol–water partition coefficient (Wildman–Crippen LogP) is 1.43. The Balaban J connectivity index is 3.20. The summed E-state index contributed by atoms with van der Waals surface area (Å²) in [5.74, 6) is -0.593. The number of likely N-dealkylation sites (N-methyl/N-ethyl adjacent to an activating group) is 1. The SMILES string of the molecule is CNC(=O)[C@@](C)(N[C@@H](C(=O)OC)C(C)C)c1ccccc1. The largest absolute Gasteiger partial charge is 0.468 e. The Kier molecular flexibility index (Phi) is 5.90. The molecule has 116 valence electrons.